The number of rotatable bonds is 1. The predicted octanol–water partition coefficient (Wildman–Crippen LogP) is 0.360. The predicted molar refractivity (Wildman–Crippen MR) is 49.9 cm³/mol. The van der Waals surface area contributed by atoms with Crippen LogP contribution in [0.15, 0.2) is 12.1 Å². The molecule has 0 saturated heterocycles. The first-order valence-electron chi connectivity index (χ1n) is 3.48. The molecular weight excluding hydrogens is 262 g/mol. The van der Waals surface area contributed by atoms with Crippen LogP contribution in [0.3, 0.4) is 0 Å². The Morgan fingerprint density at radius 1 is 1.07 bits per heavy atom. The van der Waals surface area contributed by atoms with Gasteiger partial charge in [-0.3, -0.25) is 0 Å². The number of halogens is 5. The van der Waals surface area contributed by atoms with Crippen molar-refractivity contribution in [3.8, 4) is 0 Å². The van der Waals surface area contributed by atoms with E-state index in [0.717, 1.165) is 6.07 Å². The third kappa shape index (κ3) is 3.70. The van der Waals surface area contributed by atoms with Gasteiger partial charge in [0.1, 0.15) is 0 Å². The third-order valence-electron chi connectivity index (χ3n) is 1.63. The number of aryl methyl sites for hydroxylation is 1. The molecule has 0 aromatic heterocycles. The summed E-state index contributed by atoms with van der Waals surface area (Å²) in [7, 11) is 0. The molecule has 0 aliphatic rings. The van der Waals surface area contributed by atoms with Crippen molar-refractivity contribution in [3.05, 3.63) is 27.7 Å². The zero-order valence-electron chi connectivity index (χ0n) is 7.62. The largest absolute Gasteiger partial charge is 1.00 e. The van der Waals surface area contributed by atoms with Crippen molar-refractivity contribution in [3.63, 3.8) is 0 Å². The van der Waals surface area contributed by atoms with Gasteiger partial charge in [0, 0.05) is 10.0 Å². The van der Waals surface area contributed by atoms with Crippen molar-refractivity contribution in [2.24, 2.45) is 0 Å². The van der Waals surface area contributed by atoms with Crippen molar-refractivity contribution < 1.29 is 64.3 Å². The molecular formula is C7H5BCl2F3K. The van der Waals surface area contributed by atoms with E-state index in [1.165, 1.54) is 6.07 Å². The van der Waals surface area contributed by atoms with E-state index < -0.39 is 12.4 Å². The summed E-state index contributed by atoms with van der Waals surface area (Å²) < 4.78 is 36.8. The summed E-state index contributed by atoms with van der Waals surface area (Å²) in [6.07, 6.45) is 0. The van der Waals surface area contributed by atoms with E-state index in [4.69, 9.17) is 23.2 Å². The molecule has 0 bridgehead atoms. The zero-order valence-corrected chi connectivity index (χ0v) is 12.3. The van der Waals surface area contributed by atoms with Crippen LogP contribution in [-0.2, 0) is 0 Å². The average Bonchev–Trinajstić information content (AvgIpc) is 1.94. The Balaban J connectivity index is 0.00000169. The van der Waals surface area contributed by atoms with E-state index in [2.05, 4.69) is 0 Å². The van der Waals surface area contributed by atoms with Crippen LogP contribution in [0.2, 0.25) is 10.0 Å². The second kappa shape index (κ2) is 5.57. The minimum atomic E-state index is -5.08. The smallest absolute Gasteiger partial charge is 0.445 e. The first kappa shape index (κ1) is 15.3. The van der Waals surface area contributed by atoms with Gasteiger partial charge in [-0.05, 0) is 18.6 Å². The van der Waals surface area contributed by atoms with Gasteiger partial charge in [-0.15, -0.1) is 0 Å². The molecule has 0 spiro atoms. The van der Waals surface area contributed by atoms with Gasteiger partial charge >= 0.3 is 58.4 Å². The van der Waals surface area contributed by atoms with Crippen LogP contribution < -0.4 is 56.8 Å². The second-order valence-electron chi connectivity index (χ2n) is 2.70. The summed E-state index contributed by atoms with van der Waals surface area (Å²) in [6.45, 7) is -3.48. The van der Waals surface area contributed by atoms with E-state index in [0.29, 0.717) is 5.56 Å². The van der Waals surface area contributed by atoms with Crippen LogP contribution >= 0.6 is 23.2 Å². The molecule has 0 fully saturated rings. The maximum atomic E-state index is 12.3. The van der Waals surface area contributed by atoms with Gasteiger partial charge < -0.3 is 12.9 Å². The van der Waals surface area contributed by atoms with Gasteiger partial charge in [0.05, 0.1) is 0 Å². The molecule has 14 heavy (non-hydrogen) atoms. The van der Waals surface area contributed by atoms with Crippen molar-refractivity contribution >= 4 is 35.6 Å². The van der Waals surface area contributed by atoms with Crippen LogP contribution in [0.5, 0.6) is 0 Å². The standard InChI is InChI=1S/C7H5BCl2F3.K/c1-4-2-7(10)5(3-6(4)9)8(11,12)13;/h2-3H,1H3;/q-1;+1. The van der Waals surface area contributed by atoms with Crippen LogP contribution in [0.1, 0.15) is 5.56 Å². The minimum Gasteiger partial charge on any atom is -0.445 e. The monoisotopic (exact) mass is 266 g/mol. The van der Waals surface area contributed by atoms with Crippen LogP contribution in [-0.4, -0.2) is 6.98 Å². The molecule has 0 atom stereocenters. The fourth-order valence-electron chi connectivity index (χ4n) is 0.913. The molecule has 0 saturated carbocycles. The van der Waals surface area contributed by atoms with Gasteiger partial charge in [0.2, 0.25) is 0 Å². The second-order valence-corrected chi connectivity index (χ2v) is 3.51. The van der Waals surface area contributed by atoms with E-state index >= 15 is 0 Å². The molecule has 0 N–H and O–H groups in total. The van der Waals surface area contributed by atoms with Crippen LogP contribution in [0, 0.1) is 6.92 Å². The Bertz CT molecular complexity index is 340. The molecule has 0 aliphatic carbocycles. The summed E-state index contributed by atoms with van der Waals surface area (Å²) in [5.41, 5.74) is -0.298. The maximum Gasteiger partial charge on any atom is 1.00 e. The van der Waals surface area contributed by atoms with Gasteiger partial charge in [-0.1, -0.05) is 34.7 Å². The van der Waals surface area contributed by atoms with E-state index in [1.54, 1.807) is 6.92 Å². The molecule has 72 valence electrons. The Labute approximate surface area is 133 Å². The molecule has 7 heteroatoms. The van der Waals surface area contributed by atoms with Gasteiger partial charge in [-0.25, -0.2) is 0 Å². The van der Waals surface area contributed by atoms with Crippen molar-refractivity contribution in [2.45, 2.75) is 6.92 Å². The first-order chi connectivity index (χ1) is 5.82. The quantitative estimate of drug-likeness (QED) is 0.644. The molecule has 1 rings (SSSR count). The summed E-state index contributed by atoms with van der Waals surface area (Å²) in [5, 5.41) is -0.215. The van der Waals surface area contributed by atoms with Crippen LogP contribution in [0.25, 0.3) is 0 Å². The molecule has 0 amide bonds. The number of benzene rings is 1. The normalized spacial score (nSPS) is 11.0. The van der Waals surface area contributed by atoms with E-state index in [9.17, 15) is 12.9 Å². The fourth-order valence-corrected chi connectivity index (χ4v) is 1.43. The minimum absolute atomic E-state index is 0. The van der Waals surface area contributed by atoms with Crippen molar-refractivity contribution in [1.82, 2.24) is 0 Å². The van der Waals surface area contributed by atoms with Gasteiger partial charge in [0.15, 0.2) is 0 Å². The SMILES string of the molecule is Cc1cc(Cl)c([B-](F)(F)F)cc1Cl.[K+]. The summed E-state index contributed by atoms with van der Waals surface area (Å²) in [5.74, 6) is 0. The Morgan fingerprint density at radius 3 is 2.00 bits per heavy atom. The molecule has 0 nitrogen and oxygen atoms in total. The first-order valence-corrected chi connectivity index (χ1v) is 4.23. The topological polar surface area (TPSA) is 0 Å². The van der Waals surface area contributed by atoms with Gasteiger partial charge in [-0.2, -0.15) is 0 Å². The Morgan fingerprint density at radius 2 is 1.57 bits per heavy atom. The molecule has 0 aliphatic heterocycles. The van der Waals surface area contributed by atoms with Gasteiger partial charge in [0.25, 0.3) is 0 Å². The molecule has 1 aromatic carbocycles. The molecule has 1 aromatic rings. The molecule has 0 heterocycles. The average molecular weight is 267 g/mol. The maximum absolute atomic E-state index is 12.3. The Hall–Kier alpha value is 1.29. The summed E-state index contributed by atoms with van der Waals surface area (Å²) >= 11 is 11.0. The van der Waals surface area contributed by atoms with Crippen molar-refractivity contribution in [2.75, 3.05) is 0 Å². The number of hydrogen-bond acceptors (Lipinski definition) is 0. The van der Waals surface area contributed by atoms with E-state index in [1.807, 2.05) is 0 Å². The van der Waals surface area contributed by atoms with Crippen LogP contribution in [0.4, 0.5) is 12.9 Å². The Kier molecular flexibility index (Phi) is 6.08. The third-order valence-corrected chi connectivity index (χ3v) is 2.37. The molecule has 0 unspecified atom stereocenters. The molecule has 0 radical (unpaired) electrons. The summed E-state index contributed by atoms with van der Waals surface area (Å²) in [6, 6.07) is 2.08. The summed E-state index contributed by atoms with van der Waals surface area (Å²) in [4.78, 5) is 0. The van der Waals surface area contributed by atoms with E-state index in [-0.39, 0.29) is 61.4 Å². The fraction of sp³-hybridized carbons (Fsp3) is 0.143. The number of hydrogen-bond donors (Lipinski definition) is 0. The van der Waals surface area contributed by atoms with Crippen molar-refractivity contribution in [1.29, 1.82) is 0 Å². The zero-order chi connectivity index (χ0) is 10.2.